The Balaban J connectivity index is 1.98. The van der Waals surface area contributed by atoms with Crippen LogP contribution < -0.4 is 5.73 Å². The Morgan fingerprint density at radius 3 is 2.65 bits per heavy atom. The van der Waals surface area contributed by atoms with E-state index in [2.05, 4.69) is 0 Å². The van der Waals surface area contributed by atoms with Gasteiger partial charge in [0.05, 0.1) is 6.61 Å². The van der Waals surface area contributed by atoms with Crippen molar-refractivity contribution < 1.29 is 14.3 Å². The van der Waals surface area contributed by atoms with Gasteiger partial charge in [0, 0.05) is 43.9 Å². The second kappa shape index (κ2) is 8.29. The molecule has 2 N–H and O–H groups in total. The summed E-state index contributed by atoms with van der Waals surface area (Å²) in [7, 11) is 1.51. The van der Waals surface area contributed by atoms with Crippen LogP contribution in [0.5, 0.6) is 0 Å². The average molecular weight is 340 g/mol. The second-order valence-corrected chi connectivity index (χ2v) is 5.98. The number of carbonyl (C=O) groups is 2. The van der Waals surface area contributed by atoms with Gasteiger partial charge in [0.1, 0.15) is 6.04 Å². The minimum Gasteiger partial charge on any atom is -0.383 e. The molecule has 1 atom stereocenters. The summed E-state index contributed by atoms with van der Waals surface area (Å²) in [5.74, 6) is -0.202. The predicted octanol–water partition coefficient (Wildman–Crippen LogP) is 0.988. The van der Waals surface area contributed by atoms with Crippen LogP contribution in [0.4, 0.5) is 0 Å². The van der Waals surface area contributed by atoms with Crippen LogP contribution in [0.3, 0.4) is 0 Å². The van der Waals surface area contributed by atoms with E-state index in [0.29, 0.717) is 36.8 Å². The lowest BCUT2D eigenvalue weighted by atomic mass is 10.2. The molecular formula is C16H22ClN3O3. The number of carbonyl (C=O) groups excluding carboxylic acids is 2. The summed E-state index contributed by atoms with van der Waals surface area (Å²) in [6.45, 7) is 2.35. The first-order chi connectivity index (χ1) is 11.0. The van der Waals surface area contributed by atoms with Gasteiger partial charge in [-0.25, -0.2) is 0 Å². The molecule has 1 fully saturated rings. The highest BCUT2D eigenvalue weighted by Crippen LogP contribution is 2.14. The number of hydrogen-bond acceptors (Lipinski definition) is 4. The van der Waals surface area contributed by atoms with E-state index in [0.717, 1.165) is 6.42 Å². The molecule has 0 aliphatic carbocycles. The minimum absolute atomic E-state index is 0.0667. The van der Waals surface area contributed by atoms with Crippen LogP contribution in [-0.2, 0) is 9.53 Å². The summed E-state index contributed by atoms with van der Waals surface area (Å²) in [6, 6.07) is 6.24. The van der Waals surface area contributed by atoms with Gasteiger partial charge >= 0.3 is 0 Å². The number of ether oxygens (including phenoxy) is 1. The number of hydrogen-bond donors (Lipinski definition) is 1. The first-order valence-electron chi connectivity index (χ1n) is 7.61. The molecule has 7 heteroatoms. The number of benzene rings is 1. The smallest absolute Gasteiger partial charge is 0.253 e. The molecule has 23 heavy (non-hydrogen) atoms. The van der Waals surface area contributed by atoms with Crippen molar-refractivity contribution in [2.24, 2.45) is 5.73 Å². The van der Waals surface area contributed by atoms with E-state index in [9.17, 15) is 9.59 Å². The molecule has 1 saturated heterocycles. The Kier molecular flexibility index (Phi) is 6.38. The molecule has 1 heterocycles. The van der Waals surface area contributed by atoms with Gasteiger partial charge in [-0.05, 0) is 24.6 Å². The van der Waals surface area contributed by atoms with Gasteiger partial charge in [-0.1, -0.05) is 17.7 Å². The summed E-state index contributed by atoms with van der Waals surface area (Å²) in [5.41, 5.74) is 6.36. The molecule has 1 aromatic rings. The van der Waals surface area contributed by atoms with E-state index in [1.54, 1.807) is 34.1 Å². The Bertz CT molecular complexity index is 567. The fraction of sp³-hybridized carbons (Fsp3) is 0.500. The number of halogens is 1. The molecule has 0 radical (unpaired) electrons. The number of amides is 2. The van der Waals surface area contributed by atoms with Crippen molar-refractivity contribution in [1.82, 2.24) is 9.80 Å². The normalized spacial score (nSPS) is 16.8. The average Bonchev–Trinajstić information content (AvgIpc) is 2.79. The van der Waals surface area contributed by atoms with Gasteiger partial charge in [-0.2, -0.15) is 0 Å². The molecule has 2 rings (SSSR count). The summed E-state index contributed by atoms with van der Waals surface area (Å²) < 4.78 is 4.93. The molecule has 1 aliphatic rings. The Morgan fingerprint density at radius 1 is 1.26 bits per heavy atom. The van der Waals surface area contributed by atoms with Gasteiger partial charge in [0.2, 0.25) is 5.91 Å². The van der Waals surface area contributed by atoms with Crippen molar-refractivity contribution in [3.05, 3.63) is 34.9 Å². The molecule has 1 unspecified atom stereocenters. The van der Waals surface area contributed by atoms with Crippen molar-refractivity contribution in [1.29, 1.82) is 0 Å². The van der Waals surface area contributed by atoms with E-state index >= 15 is 0 Å². The monoisotopic (exact) mass is 339 g/mol. The third-order valence-corrected chi connectivity index (χ3v) is 4.06. The number of nitrogens with zero attached hydrogens (tertiary/aromatic N) is 2. The number of nitrogens with two attached hydrogens (primary N) is 1. The quantitative estimate of drug-likeness (QED) is 0.887. The SMILES string of the molecule is COCC(N)C(=O)N1CCCN(C(=O)c2cccc(Cl)c2)CC1. The highest BCUT2D eigenvalue weighted by Gasteiger charge is 2.25. The molecule has 0 aromatic heterocycles. The molecule has 1 aromatic carbocycles. The third kappa shape index (κ3) is 4.67. The topological polar surface area (TPSA) is 75.9 Å². The van der Waals surface area contributed by atoms with Crippen LogP contribution in [0, 0.1) is 0 Å². The van der Waals surface area contributed by atoms with E-state index in [-0.39, 0.29) is 18.4 Å². The van der Waals surface area contributed by atoms with E-state index in [1.165, 1.54) is 7.11 Å². The number of methoxy groups -OCH3 is 1. The van der Waals surface area contributed by atoms with Gasteiger partial charge in [0.15, 0.2) is 0 Å². The van der Waals surface area contributed by atoms with Gasteiger partial charge in [-0.3, -0.25) is 9.59 Å². The van der Waals surface area contributed by atoms with Crippen LogP contribution in [0.25, 0.3) is 0 Å². The molecular weight excluding hydrogens is 318 g/mol. The minimum atomic E-state index is -0.657. The van der Waals surface area contributed by atoms with Crippen LogP contribution in [0.1, 0.15) is 16.8 Å². The highest BCUT2D eigenvalue weighted by atomic mass is 35.5. The maximum Gasteiger partial charge on any atom is 0.253 e. The lowest BCUT2D eigenvalue weighted by Gasteiger charge is -2.24. The lowest BCUT2D eigenvalue weighted by Crippen LogP contribution is -2.47. The molecule has 0 saturated carbocycles. The fourth-order valence-electron chi connectivity index (χ4n) is 2.63. The second-order valence-electron chi connectivity index (χ2n) is 5.54. The van der Waals surface area contributed by atoms with Crippen molar-refractivity contribution >= 4 is 23.4 Å². The van der Waals surface area contributed by atoms with Crippen molar-refractivity contribution in [2.45, 2.75) is 12.5 Å². The molecule has 2 amide bonds. The van der Waals surface area contributed by atoms with Gasteiger partial charge in [0.25, 0.3) is 5.91 Å². The van der Waals surface area contributed by atoms with Gasteiger partial charge < -0.3 is 20.3 Å². The Hall–Kier alpha value is -1.63. The summed E-state index contributed by atoms with van der Waals surface area (Å²) >= 11 is 5.94. The van der Waals surface area contributed by atoms with E-state index < -0.39 is 6.04 Å². The van der Waals surface area contributed by atoms with Crippen LogP contribution >= 0.6 is 11.6 Å². The van der Waals surface area contributed by atoms with Crippen LogP contribution in [0.2, 0.25) is 5.02 Å². The molecule has 0 spiro atoms. The molecule has 126 valence electrons. The summed E-state index contributed by atoms with van der Waals surface area (Å²) in [6.07, 6.45) is 0.720. The summed E-state index contributed by atoms with van der Waals surface area (Å²) in [5, 5.41) is 0.535. The predicted molar refractivity (Wildman–Crippen MR) is 88.4 cm³/mol. The van der Waals surface area contributed by atoms with Crippen LogP contribution in [-0.4, -0.2) is 67.6 Å². The largest absolute Gasteiger partial charge is 0.383 e. The fourth-order valence-corrected chi connectivity index (χ4v) is 2.82. The van der Waals surface area contributed by atoms with Gasteiger partial charge in [-0.15, -0.1) is 0 Å². The Labute approximate surface area is 141 Å². The lowest BCUT2D eigenvalue weighted by molar-refractivity contribution is -0.133. The first-order valence-corrected chi connectivity index (χ1v) is 7.99. The first kappa shape index (κ1) is 17.7. The van der Waals surface area contributed by atoms with E-state index in [1.807, 2.05) is 0 Å². The zero-order chi connectivity index (χ0) is 16.8. The van der Waals surface area contributed by atoms with E-state index in [4.69, 9.17) is 22.1 Å². The highest BCUT2D eigenvalue weighted by molar-refractivity contribution is 6.30. The molecule has 0 bridgehead atoms. The molecule has 1 aliphatic heterocycles. The zero-order valence-corrected chi connectivity index (χ0v) is 14.0. The Morgan fingerprint density at radius 2 is 1.96 bits per heavy atom. The zero-order valence-electron chi connectivity index (χ0n) is 13.2. The third-order valence-electron chi connectivity index (χ3n) is 3.83. The molecule has 6 nitrogen and oxygen atoms in total. The maximum absolute atomic E-state index is 12.5. The summed E-state index contributed by atoms with van der Waals surface area (Å²) in [4.78, 5) is 28.2. The van der Waals surface area contributed by atoms with Crippen molar-refractivity contribution in [2.75, 3.05) is 39.9 Å². The van der Waals surface area contributed by atoms with Crippen LogP contribution in [0.15, 0.2) is 24.3 Å². The standard InChI is InChI=1S/C16H22ClN3O3/c1-23-11-14(18)16(22)20-7-3-6-19(8-9-20)15(21)12-4-2-5-13(17)10-12/h2,4-5,10,14H,3,6-9,11,18H2,1H3. The van der Waals surface area contributed by atoms with Crippen molar-refractivity contribution in [3.8, 4) is 0 Å². The number of rotatable bonds is 4. The van der Waals surface area contributed by atoms with Crippen molar-refractivity contribution in [3.63, 3.8) is 0 Å². The maximum atomic E-state index is 12.5.